The Labute approximate surface area is 50.8 Å². The van der Waals surface area contributed by atoms with Gasteiger partial charge in [-0.15, -0.1) is 0 Å². The molecule has 0 saturated carbocycles. The van der Waals surface area contributed by atoms with Crippen LogP contribution >= 0.6 is 0 Å². The fraction of sp³-hybridized carbons (Fsp3) is 1.00. The van der Waals surface area contributed by atoms with E-state index in [4.69, 9.17) is 0 Å². The Morgan fingerprint density at radius 2 is 2.00 bits per heavy atom. The lowest BCUT2D eigenvalue weighted by atomic mass is 10.2. The van der Waals surface area contributed by atoms with Gasteiger partial charge in [0.05, 0.1) is 0 Å². The minimum absolute atomic E-state index is 0.691. The maximum Gasteiger partial charge on any atom is 0.0136 e. The van der Waals surface area contributed by atoms with E-state index in [1.165, 1.54) is 0 Å². The third-order valence-electron chi connectivity index (χ3n) is 0.724. The largest absolute Gasteiger partial charge is 0.247 e. The number of rotatable bonds is 4. The first-order valence-electron chi connectivity index (χ1n) is 2.92. The second-order valence-corrected chi connectivity index (χ2v) is 2.15. The molecule has 3 heteroatoms. The molecular formula is C5H15N3. The molecule has 0 spiro atoms. The molecule has 0 rings (SSSR count). The zero-order valence-electron chi connectivity index (χ0n) is 5.78. The van der Waals surface area contributed by atoms with Crippen molar-refractivity contribution in [1.82, 2.24) is 16.4 Å². The number of hydrogen-bond acceptors (Lipinski definition) is 3. The van der Waals surface area contributed by atoms with Gasteiger partial charge in [-0.1, -0.05) is 13.8 Å². The Bertz CT molecular complexity index is 44.9. The molecule has 0 fully saturated rings. The van der Waals surface area contributed by atoms with Crippen molar-refractivity contribution in [3.8, 4) is 0 Å². The molecule has 0 aromatic rings. The molecule has 8 heavy (non-hydrogen) atoms. The lowest BCUT2D eigenvalue weighted by Gasteiger charge is -2.06. The van der Waals surface area contributed by atoms with Crippen LogP contribution in [-0.2, 0) is 0 Å². The predicted octanol–water partition coefficient (Wildman–Crippen LogP) is -0.129. The van der Waals surface area contributed by atoms with Crippen LogP contribution in [0, 0.1) is 5.92 Å². The van der Waals surface area contributed by atoms with Crippen LogP contribution in [0.2, 0.25) is 0 Å². The van der Waals surface area contributed by atoms with Gasteiger partial charge in [-0.2, -0.15) is 5.53 Å². The van der Waals surface area contributed by atoms with Crippen LogP contribution in [0.25, 0.3) is 0 Å². The Balaban J connectivity index is 2.72. The predicted molar refractivity (Wildman–Crippen MR) is 35.0 cm³/mol. The van der Waals surface area contributed by atoms with Crippen molar-refractivity contribution in [2.75, 3.05) is 13.6 Å². The summed E-state index contributed by atoms with van der Waals surface area (Å²) in [6.45, 7) is 5.30. The first kappa shape index (κ1) is 7.88. The molecule has 0 bridgehead atoms. The van der Waals surface area contributed by atoms with Crippen LogP contribution in [0.5, 0.6) is 0 Å². The first-order chi connectivity index (χ1) is 3.77. The molecule has 0 aliphatic carbocycles. The van der Waals surface area contributed by atoms with E-state index in [2.05, 4.69) is 30.2 Å². The summed E-state index contributed by atoms with van der Waals surface area (Å²) >= 11 is 0. The molecule has 3 nitrogen and oxygen atoms in total. The van der Waals surface area contributed by atoms with Crippen molar-refractivity contribution in [2.45, 2.75) is 13.8 Å². The SMILES string of the molecule is CNNNCC(C)C. The quantitative estimate of drug-likeness (QED) is 0.354. The number of hydrogen-bond donors (Lipinski definition) is 3. The van der Waals surface area contributed by atoms with Gasteiger partial charge in [0.25, 0.3) is 0 Å². The van der Waals surface area contributed by atoms with Gasteiger partial charge in [0.1, 0.15) is 0 Å². The van der Waals surface area contributed by atoms with Crippen LogP contribution < -0.4 is 16.4 Å². The third-order valence-corrected chi connectivity index (χ3v) is 0.724. The van der Waals surface area contributed by atoms with E-state index < -0.39 is 0 Å². The summed E-state index contributed by atoms with van der Waals surface area (Å²) in [5, 5.41) is 0. The van der Waals surface area contributed by atoms with Gasteiger partial charge in [-0.3, -0.25) is 0 Å². The Morgan fingerprint density at radius 1 is 1.38 bits per heavy atom. The molecule has 0 amide bonds. The van der Waals surface area contributed by atoms with Gasteiger partial charge in [-0.05, 0) is 13.0 Å². The summed E-state index contributed by atoms with van der Waals surface area (Å²) in [6, 6.07) is 0. The van der Waals surface area contributed by atoms with Gasteiger partial charge in [0.2, 0.25) is 0 Å². The average Bonchev–Trinajstić information content (AvgIpc) is 1.66. The Hall–Kier alpha value is -0.120. The molecule has 3 N–H and O–H groups in total. The highest BCUT2D eigenvalue weighted by molar-refractivity contribution is 4.42. The van der Waals surface area contributed by atoms with Crippen LogP contribution in [0.1, 0.15) is 13.8 Å². The van der Waals surface area contributed by atoms with Crippen molar-refractivity contribution < 1.29 is 0 Å². The summed E-state index contributed by atoms with van der Waals surface area (Å²) in [7, 11) is 1.83. The molecule has 0 heterocycles. The second kappa shape index (κ2) is 5.03. The van der Waals surface area contributed by atoms with Crippen molar-refractivity contribution in [3.63, 3.8) is 0 Å². The summed E-state index contributed by atoms with van der Waals surface area (Å²) < 4.78 is 0. The second-order valence-electron chi connectivity index (χ2n) is 2.15. The lowest BCUT2D eigenvalue weighted by Crippen LogP contribution is -2.42. The fourth-order valence-electron chi connectivity index (χ4n) is 0.344. The molecule has 0 aliphatic heterocycles. The molecule has 0 aromatic carbocycles. The van der Waals surface area contributed by atoms with E-state index in [0.717, 1.165) is 6.54 Å². The maximum atomic E-state index is 2.97. The van der Waals surface area contributed by atoms with E-state index in [-0.39, 0.29) is 0 Å². The minimum Gasteiger partial charge on any atom is -0.247 e. The molecule has 0 radical (unpaired) electrons. The van der Waals surface area contributed by atoms with Gasteiger partial charge < -0.3 is 0 Å². The maximum absolute atomic E-state index is 2.97. The monoisotopic (exact) mass is 117 g/mol. The standard InChI is InChI=1S/C5H15N3/c1-5(2)4-7-8-6-3/h5-8H,4H2,1-3H3. The van der Waals surface area contributed by atoms with Gasteiger partial charge in [-0.25, -0.2) is 10.9 Å². The minimum atomic E-state index is 0.691. The normalized spacial score (nSPS) is 10.5. The molecule has 0 atom stereocenters. The van der Waals surface area contributed by atoms with Crippen molar-refractivity contribution in [1.29, 1.82) is 0 Å². The summed E-state index contributed by atoms with van der Waals surface area (Å²) in [5.41, 5.74) is 8.51. The molecule has 0 unspecified atom stereocenters. The summed E-state index contributed by atoms with van der Waals surface area (Å²) in [4.78, 5) is 0. The van der Waals surface area contributed by atoms with E-state index >= 15 is 0 Å². The Morgan fingerprint density at radius 3 is 2.38 bits per heavy atom. The molecule has 50 valence electrons. The van der Waals surface area contributed by atoms with Crippen molar-refractivity contribution in [3.05, 3.63) is 0 Å². The van der Waals surface area contributed by atoms with Crippen LogP contribution in [0.3, 0.4) is 0 Å². The van der Waals surface area contributed by atoms with Gasteiger partial charge in [0.15, 0.2) is 0 Å². The van der Waals surface area contributed by atoms with Crippen molar-refractivity contribution in [2.24, 2.45) is 5.92 Å². The topological polar surface area (TPSA) is 36.1 Å². The first-order valence-corrected chi connectivity index (χ1v) is 2.92. The average molecular weight is 117 g/mol. The Kier molecular flexibility index (Phi) is 4.95. The number of nitrogens with one attached hydrogen (secondary N) is 3. The van der Waals surface area contributed by atoms with Gasteiger partial charge in [0, 0.05) is 6.54 Å². The van der Waals surface area contributed by atoms with Crippen LogP contribution in [0.15, 0.2) is 0 Å². The summed E-state index contributed by atoms with van der Waals surface area (Å²) in [5.74, 6) is 0.691. The molecule has 0 aliphatic rings. The van der Waals surface area contributed by atoms with E-state index in [0.29, 0.717) is 5.92 Å². The highest BCUT2D eigenvalue weighted by atomic mass is 15.6. The van der Waals surface area contributed by atoms with E-state index in [1.54, 1.807) is 0 Å². The van der Waals surface area contributed by atoms with Crippen molar-refractivity contribution >= 4 is 0 Å². The smallest absolute Gasteiger partial charge is 0.0136 e. The molecule has 0 aromatic heterocycles. The van der Waals surface area contributed by atoms with Gasteiger partial charge >= 0.3 is 0 Å². The molecule has 0 saturated heterocycles. The van der Waals surface area contributed by atoms with Crippen LogP contribution in [-0.4, -0.2) is 13.6 Å². The molecular weight excluding hydrogens is 102 g/mol. The third kappa shape index (κ3) is 5.88. The van der Waals surface area contributed by atoms with Crippen LogP contribution in [0.4, 0.5) is 0 Å². The van der Waals surface area contributed by atoms with E-state index in [9.17, 15) is 0 Å². The highest BCUT2D eigenvalue weighted by Crippen LogP contribution is 1.83. The fourth-order valence-corrected chi connectivity index (χ4v) is 0.344. The zero-order chi connectivity index (χ0) is 6.41. The zero-order valence-corrected chi connectivity index (χ0v) is 5.78. The lowest BCUT2D eigenvalue weighted by molar-refractivity contribution is 0.428. The van der Waals surface area contributed by atoms with E-state index in [1.807, 2.05) is 7.05 Å². The highest BCUT2D eigenvalue weighted by Gasteiger charge is 1.87. The number of hydrazine groups is 2. The summed E-state index contributed by atoms with van der Waals surface area (Å²) in [6.07, 6.45) is 0.